The van der Waals surface area contributed by atoms with Gasteiger partial charge < -0.3 is 10.0 Å². The number of benzene rings is 1. The molecular formula is C20H25N7O. The SMILES string of the molecule is Cc1cccc(CN2CCN(c3nnnn3-c3ccccc3)C[C@H]2CCO)n1. The molecule has 1 aliphatic heterocycles. The average Bonchev–Trinajstić information content (AvgIpc) is 3.20. The van der Waals surface area contributed by atoms with Crippen LogP contribution in [0.2, 0.25) is 0 Å². The molecule has 2 aromatic heterocycles. The highest BCUT2D eigenvalue weighted by atomic mass is 16.3. The Morgan fingerprint density at radius 3 is 2.71 bits per heavy atom. The summed E-state index contributed by atoms with van der Waals surface area (Å²) in [6, 6.07) is 16.2. The van der Waals surface area contributed by atoms with Crippen LogP contribution in [0.5, 0.6) is 0 Å². The van der Waals surface area contributed by atoms with Crippen LogP contribution in [0.15, 0.2) is 48.5 Å². The molecular weight excluding hydrogens is 354 g/mol. The van der Waals surface area contributed by atoms with Gasteiger partial charge in [0, 0.05) is 44.5 Å². The number of hydrogen-bond donors (Lipinski definition) is 1. The fourth-order valence-corrected chi connectivity index (χ4v) is 3.72. The molecule has 8 heteroatoms. The summed E-state index contributed by atoms with van der Waals surface area (Å²) in [5, 5.41) is 21.9. The van der Waals surface area contributed by atoms with Crippen LogP contribution in [0.3, 0.4) is 0 Å². The molecule has 3 aromatic rings. The number of tetrazole rings is 1. The number of aliphatic hydroxyl groups excluding tert-OH is 1. The zero-order valence-corrected chi connectivity index (χ0v) is 16.0. The van der Waals surface area contributed by atoms with Gasteiger partial charge in [-0.1, -0.05) is 29.4 Å². The summed E-state index contributed by atoms with van der Waals surface area (Å²) in [6.45, 7) is 5.39. The predicted octanol–water partition coefficient (Wildman–Crippen LogP) is 1.44. The minimum absolute atomic E-state index is 0.153. The molecule has 1 aliphatic rings. The highest BCUT2D eigenvalue weighted by molar-refractivity contribution is 5.41. The van der Waals surface area contributed by atoms with E-state index in [1.165, 1.54) is 0 Å². The molecule has 1 aromatic carbocycles. The molecule has 0 saturated carbocycles. The van der Waals surface area contributed by atoms with Gasteiger partial charge >= 0.3 is 0 Å². The lowest BCUT2D eigenvalue weighted by molar-refractivity contribution is 0.133. The molecule has 1 atom stereocenters. The Kier molecular flexibility index (Phi) is 5.59. The number of anilines is 1. The Labute approximate surface area is 164 Å². The second-order valence-corrected chi connectivity index (χ2v) is 7.08. The fraction of sp³-hybridized carbons (Fsp3) is 0.400. The summed E-state index contributed by atoms with van der Waals surface area (Å²) in [6.07, 6.45) is 0.704. The van der Waals surface area contributed by atoms with Gasteiger partial charge in [-0.3, -0.25) is 9.88 Å². The molecule has 1 N–H and O–H groups in total. The first-order chi connectivity index (χ1) is 13.7. The van der Waals surface area contributed by atoms with Gasteiger partial charge in [0.15, 0.2) is 0 Å². The zero-order valence-electron chi connectivity index (χ0n) is 16.0. The number of para-hydroxylation sites is 1. The van der Waals surface area contributed by atoms with Crippen molar-refractivity contribution in [2.24, 2.45) is 0 Å². The van der Waals surface area contributed by atoms with Gasteiger partial charge in [-0.2, -0.15) is 4.68 Å². The van der Waals surface area contributed by atoms with E-state index in [2.05, 4.69) is 36.4 Å². The van der Waals surface area contributed by atoms with E-state index in [9.17, 15) is 5.11 Å². The van der Waals surface area contributed by atoms with Crippen LogP contribution in [0, 0.1) is 6.92 Å². The minimum atomic E-state index is 0.153. The number of rotatable bonds is 6. The van der Waals surface area contributed by atoms with Crippen molar-refractivity contribution in [1.29, 1.82) is 0 Å². The van der Waals surface area contributed by atoms with E-state index in [0.29, 0.717) is 6.42 Å². The fourth-order valence-electron chi connectivity index (χ4n) is 3.72. The standard InChI is InChI=1S/C20H25N7O/c1-16-6-5-7-17(21-16)14-25-11-12-26(15-19(25)10-13-28)20-22-23-24-27(20)18-8-3-2-4-9-18/h2-9,19,28H,10-15H2,1H3/t19-/m1/s1. The molecule has 0 spiro atoms. The molecule has 146 valence electrons. The van der Waals surface area contributed by atoms with Crippen molar-refractivity contribution in [3.63, 3.8) is 0 Å². The first-order valence-electron chi connectivity index (χ1n) is 9.61. The van der Waals surface area contributed by atoms with E-state index >= 15 is 0 Å². The summed E-state index contributed by atoms with van der Waals surface area (Å²) < 4.78 is 1.77. The number of nitrogens with zero attached hydrogens (tertiary/aromatic N) is 7. The zero-order chi connectivity index (χ0) is 19.3. The average molecular weight is 379 g/mol. The maximum atomic E-state index is 9.59. The van der Waals surface area contributed by atoms with Crippen LogP contribution in [-0.4, -0.2) is 67.5 Å². The molecule has 0 aliphatic carbocycles. The van der Waals surface area contributed by atoms with Gasteiger partial charge in [0.25, 0.3) is 0 Å². The van der Waals surface area contributed by atoms with Crippen molar-refractivity contribution in [2.45, 2.75) is 25.9 Å². The van der Waals surface area contributed by atoms with E-state index < -0.39 is 0 Å². The first-order valence-corrected chi connectivity index (χ1v) is 9.61. The summed E-state index contributed by atoms with van der Waals surface area (Å²) in [4.78, 5) is 9.23. The van der Waals surface area contributed by atoms with E-state index in [4.69, 9.17) is 0 Å². The number of pyridine rings is 1. The smallest absolute Gasteiger partial charge is 0.250 e. The molecule has 3 heterocycles. The lowest BCUT2D eigenvalue weighted by Crippen LogP contribution is -2.53. The maximum absolute atomic E-state index is 9.59. The Morgan fingerprint density at radius 1 is 1.07 bits per heavy atom. The molecule has 28 heavy (non-hydrogen) atoms. The Morgan fingerprint density at radius 2 is 1.93 bits per heavy atom. The summed E-state index contributed by atoms with van der Waals surface area (Å²) in [5.74, 6) is 0.738. The molecule has 1 saturated heterocycles. The van der Waals surface area contributed by atoms with E-state index in [1.807, 2.05) is 49.4 Å². The van der Waals surface area contributed by atoms with Gasteiger partial charge in [0.05, 0.1) is 11.4 Å². The van der Waals surface area contributed by atoms with E-state index in [0.717, 1.165) is 49.2 Å². The largest absolute Gasteiger partial charge is 0.396 e. The third-order valence-electron chi connectivity index (χ3n) is 5.11. The van der Waals surface area contributed by atoms with Crippen LogP contribution in [-0.2, 0) is 6.54 Å². The van der Waals surface area contributed by atoms with E-state index in [-0.39, 0.29) is 12.6 Å². The van der Waals surface area contributed by atoms with Crippen LogP contribution in [0.1, 0.15) is 17.8 Å². The molecule has 4 rings (SSSR count). The topological polar surface area (TPSA) is 83.2 Å². The number of hydrogen-bond acceptors (Lipinski definition) is 7. The van der Waals surface area contributed by atoms with Crippen LogP contribution >= 0.6 is 0 Å². The highest BCUT2D eigenvalue weighted by Crippen LogP contribution is 2.22. The second-order valence-electron chi connectivity index (χ2n) is 7.08. The molecule has 1 fully saturated rings. The van der Waals surface area contributed by atoms with Crippen LogP contribution < -0.4 is 4.90 Å². The van der Waals surface area contributed by atoms with Crippen molar-refractivity contribution in [1.82, 2.24) is 30.1 Å². The monoisotopic (exact) mass is 379 g/mol. The Bertz CT molecular complexity index is 898. The van der Waals surface area contributed by atoms with Crippen molar-refractivity contribution in [3.8, 4) is 5.69 Å². The van der Waals surface area contributed by atoms with Gasteiger partial charge in [0.2, 0.25) is 5.95 Å². The molecule has 8 nitrogen and oxygen atoms in total. The normalized spacial score (nSPS) is 17.8. The quantitative estimate of drug-likeness (QED) is 0.694. The van der Waals surface area contributed by atoms with Crippen molar-refractivity contribution in [2.75, 3.05) is 31.1 Å². The Hall–Kier alpha value is -2.84. The van der Waals surface area contributed by atoms with Gasteiger partial charge in [-0.15, -0.1) is 0 Å². The number of aromatic nitrogens is 5. The number of aliphatic hydroxyl groups is 1. The first kappa shape index (κ1) is 18.5. The van der Waals surface area contributed by atoms with Gasteiger partial charge in [0.1, 0.15) is 0 Å². The third kappa shape index (κ3) is 4.02. The number of piperazine rings is 1. The second kappa shape index (κ2) is 8.45. The molecule has 0 radical (unpaired) electrons. The predicted molar refractivity (Wildman–Crippen MR) is 106 cm³/mol. The minimum Gasteiger partial charge on any atom is -0.396 e. The lowest BCUT2D eigenvalue weighted by Gasteiger charge is -2.41. The lowest BCUT2D eigenvalue weighted by atomic mass is 10.1. The van der Waals surface area contributed by atoms with Crippen molar-refractivity contribution in [3.05, 3.63) is 59.9 Å². The van der Waals surface area contributed by atoms with Crippen LogP contribution in [0.4, 0.5) is 5.95 Å². The summed E-state index contributed by atoms with van der Waals surface area (Å²) in [5.41, 5.74) is 3.02. The van der Waals surface area contributed by atoms with Gasteiger partial charge in [-0.05, 0) is 48.0 Å². The maximum Gasteiger partial charge on any atom is 0.250 e. The molecule has 0 bridgehead atoms. The molecule has 0 unspecified atom stereocenters. The third-order valence-corrected chi connectivity index (χ3v) is 5.11. The number of aryl methyl sites for hydroxylation is 1. The van der Waals surface area contributed by atoms with E-state index in [1.54, 1.807) is 4.68 Å². The summed E-state index contributed by atoms with van der Waals surface area (Å²) >= 11 is 0. The summed E-state index contributed by atoms with van der Waals surface area (Å²) in [7, 11) is 0. The Balaban J connectivity index is 1.52. The van der Waals surface area contributed by atoms with Crippen molar-refractivity contribution < 1.29 is 5.11 Å². The van der Waals surface area contributed by atoms with Gasteiger partial charge in [-0.25, -0.2) is 0 Å². The van der Waals surface area contributed by atoms with Crippen molar-refractivity contribution >= 4 is 5.95 Å². The van der Waals surface area contributed by atoms with Crippen LogP contribution in [0.25, 0.3) is 5.69 Å². The molecule has 0 amide bonds. The highest BCUT2D eigenvalue weighted by Gasteiger charge is 2.29.